The second-order valence-corrected chi connectivity index (χ2v) is 9.73. The molecule has 3 N–H and O–H groups in total. The minimum atomic E-state index is -0.778. The van der Waals surface area contributed by atoms with Crippen LogP contribution in [0.1, 0.15) is 20.3 Å². The van der Waals surface area contributed by atoms with Gasteiger partial charge in [0.25, 0.3) is 0 Å². The van der Waals surface area contributed by atoms with Gasteiger partial charge >= 0.3 is 6.03 Å². The van der Waals surface area contributed by atoms with E-state index in [1.165, 1.54) is 17.4 Å². The summed E-state index contributed by atoms with van der Waals surface area (Å²) in [5.41, 5.74) is 2.44. The number of halogens is 2. The molecule has 1 heterocycles. The highest BCUT2D eigenvalue weighted by Crippen LogP contribution is 2.28. The Bertz CT molecular complexity index is 1150. The molecule has 2 unspecified atom stereocenters. The summed E-state index contributed by atoms with van der Waals surface area (Å²) in [5, 5.41) is 18.2. The lowest BCUT2D eigenvalue weighted by molar-refractivity contribution is -0.119. The number of amides is 3. The third-order valence-electron chi connectivity index (χ3n) is 5.25. The van der Waals surface area contributed by atoms with Crippen LogP contribution in [0.15, 0.2) is 42.5 Å². The maximum Gasteiger partial charge on any atom is 0.319 e. The monoisotopic (exact) mass is 520 g/mol. The van der Waals surface area contributed by atoms with Crippen molar-refractivity contribution >= 4 is 63.0 Å². The number of nitrogens with one attached hydrogen (secondary N) is 3. The molecule has 180 valence electrons. The van der Waals surface area contributed by atoms with Crippen molar-refractivity contribution in [2.75, 3.05) is 29.6 Å². The van der Waals surface area contributed by atoms with Crippen LogP contribution >= 0.6 is 34.5 Å². The van der Waals surface area contributed by atoms with Crippen molar-refractivity contribution in [3.63, 3.8) is 0 Å². The molecule has 2 aromatic carbocycles. The molecule has 3 aromatic rings. The number of carbonyl (C=O) groups is 2. The average Bonchev–Trinajstić information content (AvgIpc) is 3.27. The molecule has 1 aromatic heterocycles. The van der Waals surface area contributed by atoms with Gasteiger partial charge in [0.1, 0.15) is 11.0 Å². The summed E-state index contributed by atoms with van der Waals surface area (Å²) in [6.45, 7) is 3.84. The lowest BCUT2D eigenvalue weighted by Crippen LogP contribution is -2.49. The third-order valence-corrected chi connectivity index (χ3v) is 6.87. The molecule has 2 atom stereocenters. The van der Waals surface area contributed by atoms with Crippen LogP contribution in [0, 0.1) is 5.92 Å². The highest BCUT2D eigenvalue weighted by molar-refractivity contribution is 7.18. The van der Waals surface area contributed by atoms with Crippen LogP contribution in [-0.4, -0.2) is 42.3 Å². The van der Waals surface area contributed by atoms with Gasteiger partial charge in [-0.3, -0.25) is 10.1 Å². The Hall–Kier alpha value is -2.88. The van der Waals surface area contributed by atoms with Gasteiger partial charge in [0.05, 0.1) is 10.0 Å². The maximum absolute atomic E-state index is 13.0. The summed E-state index contributed by atoms with van der Waals surface area (Å²) >= 11 is 13.2. The zero-order chi connectivity index (χ0) is 24.8. The smallest absolute Gasteiger partial charge is 0.319 e. The first-order chi connectivity index (χ1) is 16.2. The molecule has 11 heteroatoms. The van der Waals surface area contributed by atoms with Gasteiger partial charge in [0, 0.05) is 31.0 Å². The number of hydrogen-bond acceptors (Lipinski definition) is 6. The minimum absolute atomic E-state index is 0.120. The summed E-state index contributed by atoms with van der Waals surface area (Å²) in [6, 6.07) is 11.3. The predicted octanol–water partition coefficient (Wildman–Crippen LogP) is 5.75. The van der Waals surface area contributed by atoms with Crippen molar-refractivity contribution in [1.29, 1.82) is 0 Å². The number of benzene rings is 2. The van der Waals surface area contributed by atoms with E-state index in [0.717, 1.165) is 11.3 Å². The van der Waals surface area contributed by atoms with Gasteiger partial charge in [-0.1, -0.05) is 54.8 Å². The molecule has 0 aliphatic heterocycles. The third kappa shape index (κ3) is 6.59. The molecule has 0 spiro atoms. The largest absolute Gasteiger partial charge is 0.378 e. The Labute approximate surface area is 212 Å². The molecular formula is C23H26Cl2N6O2S. The molecule has 0 saturated carbocycles. The van der Waals surface area contributed by atoms with E-state index in [-0.39, 0.29) is 11.8 Å². The lowest BCUT2D eigenvalue weighted by Gasteiger charge is -2.23. The standard InChI is InChI=1S/C23H26Cl2N6O2S/c1-5-13(2)19(27-22(33)26-15-8-11-17(24)18(25)12-15)20(32)28-23-30-29-21(34-23)14-6-9-16(10-7-14)31(3)4/h6-13,19H,5H2,1-4H3,(H2,26,27,33)(H,28,30,32). The topological polar surface area (TPSA) is 99.2 Å². The van der Waals surface area contributed by atoms with Crippen molar-refractivity contribution in [1.82, 2.24) is 15.5 Å². The van der Waals surface area contributed by atoms with Crippen LogP contribution in [0.2, 0.25) is 10.0 Å². The Morgan fingerprint density at radius 3 is 2.35 bits per heavy atom. The number of urea groups is 1. The van der Waals surface area contributed by atoms with Gasteiger partial charge in [-0.25, -0.2) is 4.79 Å². The molecule has 8 nitrogen and oxygen atoms in total. The molecule has 0 aliphatic rings. The average molecular weight is 521 g/mol. The van der Waals surface area contributed by atoms with Gasteiger partial charge in [0.15, 0.2) is 0 Å². The van der Waals surface area contributed by atoms with Crippen LogP contribution in [0.25, 0.3) is 10.6 Å². The number of nitrogens with zero attached hydrogens (tertiary/aromatic N) is 3. The van der Waals surface area contributed by atoms with Crippen molar-refractivity contribution in [2.24, 2.45) is 5.92 Å². The summed E-state index contributed by atoms with van der Waals surface area (Å²) in [7, 11) is 3.94. The van der Waals surface area contributed by atoms with Gasteiger partial charge in [-0.15, -0.1) is 10.2 Å². The molecule has 0 radical (unpaired) electrons. The molecule has 0 fully saturated rings. The molecule has 34 heavy (non-hydrogen) atoms. The maximum atomic E-state index is 13.0. The van der Waals surface area contributed by atoms with Gasteiger partial charge in [-0.05, 0) is 48.4 Å². The summed E-state index contributed by atoms with van der Waals surface area (Å²) in [5.74, 6) is -0.491. The van der Waals surface area contributed by atoms with E-state index in [4.69, 9.17) is 23.2 Å². The molecule has 0 bridgehead atoms. The molecular weight excluding hydrogens is 495 g/mol. The zero-order valence-electron chi connectivity index (χ0n) is 19.2. The Balaban J connectivity index is 1.67. The fourth-order valence-electron chi connectivity index (χ4n) is 3.06. The Morgan fingerprint density at radius 2 is 1.74 bits per heavy atom. The van der Waals surface area contributed by atoms with E-state index >= 15 is 0 Å². The zero-order valence-corrected chi connectivity index (χ0v) is 21.6. The van der Waals surface area contributed by atoms with Crippen LogP contribution in [0.5, 0.6) is 0 Å². The second-order valence-electron chi connectivity index (χ2n) is 7.93. The molecule has 0 aliphatic carbocycles. The van der Waals surface area contributed by atoms with E-state index in [9.17, 15) is 9.59 Å². The highest BCUT2D eigenvalue weighted by Gasteiger charge is 2.27. The molecule has 0 saturated heterocycles. The second kappa shape index (κ2) is 11.5. The van der Waals surface area contributed by atoms with Crippen LogP contribution in [0.4, 0.5) is 21.3 Å². The predicted molar refractivity (Wildman–Crippen MR) is 140 cm³/mol. The van der Waals surface area contributed by atoms with Crippen molar-refractivity contribution in [3.05, 3.63) is 52.5 Å². The van der Waals surface area contributed by atoms with Gasteiger partial charge < -0.3 is 15.5 Å². The minimum Gasteiger partial charge on any atom is -0.378 e. The first-order valence-electron chi connectivity index (χ1n) is 10.6. The van der Waals surface area contributed by atoms with Crippen LogP contribution in [0.3, 0.4) is 0 Å². The van der Waals surface area contributed by atoms with Crippen molar-refractivity contribution in [3.8, 4) is 10.6 Å². The fourth-order valence-corrected chi connectivity index (χ4v) is 4.11. The highest BCUT2D eigenvalue weighted by atomic mass is 35.5. The van der Waals surface area contributed by atoms with Crippen LogP contribution < -0.4 is 20.9 Å². The Morgan fingerprint density at radius 1 is 1.03 bits per heavy atom. The lowest BCUT2D eigenvalue weighted by atomic mass is 9.98. The molecule has 3 rings (SSSR count). The van der Waals surface area contributed by atoms with E-state index < -0.39 is 12.1 Å². The quantitative estimate of drug-likeness (QED) is 0.351. The van der Waals surface area contributed by atoms with Crippen molar-refractivity contribution < 1.29 is 9.59 Å². The Kier molecular flexibility index (Phi) is 8.71. The number of hydrogen-bond donors (Lipinski definition) is 3. The summed E-state index contributed by atoms with van der Waals surface area (Å²) < 4.78 is 0. The van der Waals surface area contributed by atoms with Gasteiger partial charge in [-0.2, -0.15) is 0 Å². The number of anilines is 3. The van der Waals surface area contributed by atoms with Crippen molar-refractivity contribution in [2.45, 2.75) is 26.3 Å². The number of carbonyl (C=O) groups excluding carboxylic acids is 2. The first kappa shape index (κ1) is 25.7. The van der Waals surface area contributed by atoms with Gasteiger partial charge in [0.2, 0.25) is 11.0 Å². The summed E-state index contributed by atoms with van der Waals surface area (Å²) in [4.78, 5) is 27.6. The van der Waals surface area contributed by atoms with Crippen LogP contribution in [-0.2, 0) is 4.79 Å². The normalized spacial score (nSPS) is 12.5. The first-order valence-corrected chi connectivity index (χ1v) is 12.2. The van der Waals surface area contributed by atoms with E-state index in [1.54, 1.807) is 12.1 Å². The SMILES string of the molecule is CCC(C)C(NC(=O)Nc1ccc(Cl)c(Cl)c1)C(=O)Nc1nnc(-c2ccc(N(C)C)cc2)s1. The number of aromatic nitrogens is 2. The molecule has 3 amide bonds. The van der Waals surface area contributed by atoms with E-state index in [2.05, 4.69) is 26.1 Å². The number of rotatable bonds is 8. The van der Waals surface area contributed by atoms with E-state index in [1.807, 2.05) is 57.1 Å². The summed E-state index contributed by atoms with van der Waals surface area (Å²) in [6.07, 6.45) is 0.685. The fraction of sp³-hybridized carbons (Fsp3) is 0.304. The van der Waals surface area contributed by atoms with E-state index in [0.29, 0.717) is 32.3 Å².